The molecule has 0 radical (unpaired) electrons. The van der Waals surface area contributed by atoms with Gasteiger partial charge in [-0.15, -0.1) is 11.3 Å². The SMILES string of the molecule is CC(C)(C)c1csc(CCNC(=O)[C@@H]2C[C@H](O)CN2)n1. The van der Waals surface area contributed by atoms with Crippen LogP contribution in [0.3, 0.4) is 0 Å². The van der Waals surface area contributed by atoms with Crippen molar-refractivity contribution in [1.82, 2.24) is 15.6 Å². The number of carbonyl (C=O) groups is 1. The van der Waals surface area contributed by atoms with Gasteiger partial charge in [0.05, 0.1) is 22.8 Å². The quantitative estimate of drug-likeness (QED) is 0.769. The van der Waals surface area contributed by atoms with Gasteiger partial charge in [-0.25, -0.2) is 4.98 Å². The summed E-state index contributed by atoms with van der Waals surface area (Å²) in [6, 6.07) is -0.258. The van der Waals surface area contributed by atoms with Crippen molar-refractivity contribution in [3.8, 4) is 0 Å². The molecule has 1 aliphatic rings. The minimum Gasteiger partial charge on any atom is -0.392 e. The van der Waals surface area contributed by atoms with Gasteiger partial charge in [0.2, 0.25) is 5.91 Å². The van der Waals surface area contributed by atoms with Gasteiger partial charge in [0.15, 0.2) is 0 Å². The van der Waals surface area contributed by atoms with Crippen molar-refractivity contribution in [1.29, 1.82) is 0 Å². The first kappa shape index (κ1) is 15.4. The minimum absolute atomic E-state index is 0.0332. The van der Waals surface area contributed by atoms with E-state index >= 15 is 0 Å². The van der Waals surface area contributed by atoms with Crippen LogP contribution >= 0.6 is 11.3 Å². The van der Waals surface area contributed by atoms with Gasteiger partial charge in [0.25, 0.3) is 0 Å². The van der Waals surface area contributed by atoms with E-state index < -0.39 is 6.10 Å². The van der Waals surface area contributed by atoms with Gasteiger partial charge in [-0.3, -0.25) is 4.79 Å². The molecule has 1 aromatic rings. The summed E-state index contributed by atoms with van der Waals surface area (Å²) in [7, 11) is 0. The summed E-state index contributed by atoms with van der Waals surface area (Å²) in [4.78, 5) is 16.4. The lowest BCUT2D eigenvalue weighted by atomic mass is 9.93. The number of amides is 1. The van der Waals surface area contributed by atoms with Gasteiger partial charge in [0, 0.05) is 30.3 Å². The summed E-state index contributed by atoms with van der Waals surface area (Å²) in [6.45, 7) is 7.52. The van der Waals surface area contributed by atoms with Crippen LogP contribution in [0, 0.1) is 0 Å². The summed E-state index contributed by atoms with van der Waals surface area (Å²) in [6.07, 6.45) is 0.845. The van der Waals surface area contributed by atoms with Crippen LogP contribution < -0.4 is 10.6 Å². The Morgan fingerprint density at radius 1 is 1.60 bits per heavy atom. The van der Waals surface area contributed by atoms with Crippen molar-refractivity contribution >= 4 is 17.2 Å². The molecule has 3 N–H and O–H groups in total. The van der Waals surface area contributed by atoms with Crippen molar-refractivity contribution in [2.24, 2.45) is 0 Å². The summed E-state index contributed by atoms with van der Waals surface area (Å²) in [5, 5.41) is 18.4. The molecule has 5 nitrogen and oxygen atoms in total. The van der Waals surface area contributed by atoms with Crippen molar-refractivity contribution in [3.05, 3.63) is 16.1 Å². The first-order chi connectivity index (χ1) is 9.36. The molecular formula is C14H23N3O2S. The monoisotopic (exact) mass is 297 g/mol. The normalized spacial score (nSPS) is 23.0. The van der Waals surface area contributed by atoms with E-state index in [1.807, 2.05) is 0 Å². The number of aromatic nitrogens is 1. The summed E-state index contributed by atoms with van der Waals surface area (Å²) < 4.78 is 0. The van der Waals surface area contributed by atoms with E-state index in [4.69, 9.17) is 0 Å². The van der Waals surface area contributed by atoms with E-state index in [2.05, 4.69) is 41.8 Å². The van der Waals surface area contributed by atoms with E-state index in [-0.39, 0.29) is 17.4 Å². The first-order valence-electron chi connectivity index (χ1n) is 7.00. The predicted molar refractivity (Wildman–Crippen MR) is 79.9 cm³/mol. The molecule has 0 aromatic carbocycles. The van der Waals surface area contributed by atoms with Crippen LogP contribution in [0.4, 0.5) is 0 Å². The number of aliphatic hydroxyl groups excluding tert-OH is 1. The third kappa shape index (κ3) is 4.01. The van der Waals surface area contributed by atoms with E-state index in [1.165, 1.54) is 0 Å². The summed E-state index contributed by atoms with van der Waals surface area (Å²) >= 11 is 1.64. The van der Waals surface area contributed by atoms with Gasteiger partial charge < -0.3 is 15.7 Å². The van der Waals surface area contributed by atoms with Gasteiger partial charge in [-0.1, -0.05) is 20.8 Å². The molecular weight excluding hydrogens is 274 g/mol. The molecule has 2 atom stereocenters. The molecule has 1 aliphatic heterocycles. The van der Waals surface area contributed by atoms with E-state index in [9.17, 15) is 9.90 Å². The summed E-state index contributed by atoms with van der Waals surface area (Å²) in [5.74, 6) is -0.0332. The Kier molecular flexibility index (Phi) is 4.78. The van der Waals surface area contributed by atoms with Crippen LogP contribution in [0.15, 0.2) is 5.38 Å². The van der Waals surface area contributed by atoms with Crippen molar-refractivity contribution < 1.29 is 9.90 Å². The van der Waals surface area contributed by atoms with Crippen LogP contribution in [0.1, 0.15) is 37.9 Å². The highest BCUT2D eigenvalue weighted by Crippen LogP contribution is 2.23. The second kappa shape index (κ2) is 6.20. The molecule has 112 valence electrons. The lowest BCUT2D eigenvalue weighted by molar-refractivity contribution is -0.122. The lowest BCUT2D eigenvalue weighted by Gasteiger charge is -2.14. The molecule has 0 aliphatic carbocycles. The number of hydrogen-bond acceptors (Lipinski definition) is 5. The number of nitrogens with zero attached hydrogens (tertiary/aromatic N) is 1. The van der Waals surface area contributed by atoms with Crippen LogP contribution in [0.25, 0.3) is 0 Å². The highest BCUT2D eigenvalue weighted by molar-refractivity contribution is 7.09. The van der Waals surface area contributed by atoms with Crippen molar-refractivity contribution in [3.63, 3.8) is 0 Å². The largest absolute Gasteiger partial charge is 0.392 e. The highest BCUT2D eigenvalue weighted by atomic mass is 32.1. The molecule has 1 fully saturated rings. The Bertz CT molecular complexity index is 467. The van der Waals surface area contributed by atoms with Gasteiger partial charge >= 0.3 is 0 Å². The maximum Gasteiger partial charge on any atom is 0.237 e. The van der Waals surface area contributed by atoms with E-state index in [1.54, 1.807) is 11.3 Å². The number of rotatable bonds is 4. The minimum atomic E-state index is -0.404. The lowest BCUT2D eigenvalue weighted by Crippen LogP contribution is -2.41. The molecule has 1 aromatic heterocycles. The maximum absolute atomic E-state index is 11.8. The molecule has 6 heteroatoms. The zero-order valence-electron chi connectivity index (χ0n) is 12.3. The molecule has 2 heterocycles. The Hall–Kier alpha value is -0.980. The second-order valence-electron chi connectivity index (χ2n) is 6.27. The third-order valence-corrected chi connectivity index (χ3v) is 4.29. The van der Waals surface area contributed by atoms with Crippen molar-refractivity contribution in [2.75, 3.05) is 13.1 Å². The predicted octanol–water partition coefficient (Wildman–Crippen LogP) is 0.822. The van der Waals surface area contributed by atoms with E-state index in [0.29, 0.717) is 19.5 Å². The Labute approximate surface area is 123 Å². The fourth-order valence-electron chi connectivity index (χ4n) is 2.10. The molecule has 0 unspecified atom stereocenters. The first-order valence-corrected chi connectivity index (χ1v) is 7.88. The standard InChI is InChI=1S/C14H23N3O2S/c1-14(2,3)11-8-20-12(17-11)4-5-15-13(19)10-6-9(18)7-16-10/h8-10,16,18H,4-7H2,1-3H3,(H,15,19)/t9-,10-/m0/s1. The van der Waals surface area contributed by atoms with Gasteiger partial charge in [0.1, 0.15) is 0 Å². The molecule has 0 saturated carbocycles. The number of thiazole rings is 1. The molecule has 2 rings (SSSR count). The molecule has 0 spiro atoms. The molecule has 0 bridgehead atoms. The van der Waals surface area contributed by atoms with Crippen LogP contribution in [0.5, 0.6) is 0 Å². The number of aliphatic hydroxyl groups is 1. The van der Waals surface area contributed by atoms with Crippen LogP contribution in [-0.4, -0.2) is 41.2 Å². The van der Waals surface area contributed by atoms with Gasteiger partial charge in [-0.05, 0) is 6.42 Å². The topological polar surface area (TPSA) is 74.2 Å². The number of hydrogen-bond donors (Lipinski definition) is 3. The highest BCUT2D eigenvalue weighted by Gasteiger charge is 2.27. The second-order valence-corrected chi connectivity index (χ2v) is 7.21. The Morgan fingerprint density at radius 2 is 2.35 bits per heavy atom. The number of β-amino-alcohol motifs (C(OH)–C–C–N with tert-alkyl or cyclic N) is 1. The maximum atomic E-state index is 11.8. The zero-order chi connectivity index (χ0) is 14.8. The number of nitrogens with one attached hydrogen (secondary N) is 2. The fraction of sp³-hybridized carbons (Fsp3) is 0.714. The molecule has 1 amide bonds. The fourth-order valence-corrected chi connectivity index (χ4v) is 3.13. The molecule has 20 heavy (non-hydrogen) atoms. The van der Waals surface area contributed by atoms with Crippen molar-refractivity contribution in [2.45, 2.75) is 51.2 Å². The smallest absolute Gasteiger partial charge is 0.237 e. The summed E-state index contributed by atoms with van der Waals surface area (Å²) in [5.41, 5.74) is 1.17. The Morgan fingerprint density at radius 3 is 2.90 bits per heavy atom. The molecule has 1 saturated heterocycles. The van der Waals surface area contributed by atoms with Crippen LogP contribution in [0.2, 0.25) is 0 Å². The van der Waals surface area contributed by atoms with E-state index in [0.717, 1.165) is 17.1 Å². The average Bonchev–Trinajstić information content (AvgIpc) is 2.97. The number of carbonyl (C=O) groups excluding carboxylic acids is 1. The zero-order valence-corrected chi connectivity index (χ0v) is 13.1. The average molecular weight is 297 g/mol. The third-order valence-electron chi connectivity index (χ3n) is 3.38. The Balaban J connectivity index is 1.76. The van der Waals surface area contributed by atoms with Gasteiger partial charge in [-0.2, -0.15) is 0 Å². The van der Waals surface area contributed by atoms with Crippen LogP contribution in [-0.2, 0) is 16.6 Å².